The smallest absolute Gasteiger partial charge is 0.410 e. The lowest BCUT2D eigenvalue weighted by molar-refractivity contribution is 0.0292. The minimum absolute atomic E-state index is 0.145. The second-order valence-electron chi connectivity index (χ2n) is 14.1. The molecule has 7 nitrogen and oxygen atoms in total. The summed E-state index contributed by atoms with van der Waals surface area (Å²) in [4.78, 5) is 23.1. The van der Waals surface area contributed by atoms with Crippen molar-refractivity contribution in [1.82, 2.24) is 9.88 Å². The van der Waals surface area contributed by atoms with Gasteiger partial charge in [-0.25, -0.2) is 4.79 Å². The van der Waals surface area contributed by atoms with Crippen LogP contribution in [0.2, 0.25) is 18.1 Å². The molecular weight excluding hydrogens is 561 g/mol. The Hall–Kier alpha value is -2.93. The number of likely N-dealkylation sites (tertiary alicyclic amines) is 1. The molecular formula is C33H44N4O3SSi. The third kappa shape index (κ3) is 6.22. The van der Waals surface area contributed by atoms with Crippen molar-refractivity contribution in [2.75, 3.05) is 24.5 Å². The molecule has 0 spiro atoms. The summed E-state index contributed by atoms with van der Waals surface area (Å²) in [5.74, 6) is 0. The zero-order chi connectivity index (χ0) is 30.4. The van der Waals surface area contributed by atoms with Gasteiger partial charge in [0.05, 0.1) is 28.5 Å². The van der Waals surface area contributed by atoms with E-state index in [9.17, 15) is 10.1 Å². The van der Waals surface area contributed by atoms with Gasteiger partial charge in [0.25, 0.3) is 0 Å². The Labute approximate surface area is 255 Å². The van der Waals surface area contributed by atoms with Gasteiger partial charge in [-0.2, -0.15) is 5.26 Å². The van der Waals surface area contributed by atoms with Gasteiger partial charge in [-0.3, -0.25) is 4.98 Å². The lowest BCUT2D eigenvalue weighted by Crippen LogP contribution is -2.43. The van der Waals surface area contributed by atoms with Gasteiger partial charge in [-0.05, 0) is 88.0 Å². The number of hydrogen-bond donors (Lipinski definition) is 0. The molecule has 1 fully saturated rings. The predicted octanol–water partition coefficient (Wildman–Crippen LogP) is 8.12. The van der Waals surface area contributed by atoms with Crippen molar-refractivity contribution in [3.05, 3.63) is 46.5 Å². The van der Waals surface area contributed by atoms with Crippen LogP contribution in [0.3, 0.4) is 0 Å². The van der Waals surface area contributed by atoms with Gasteiger partial charge in [0.2, 0.25) is 0 Å². The highest BCUT2D eigenvalue weighted by Crippen LogP contribution is 2.45. The van der Waals surface area contributed by atoms with E-state index in [1.165, 1.54) is 16.1 Å². The van der Waals surface area contributed by atoms with Crippen LogP contribution in [0, 0.1) is 11.3 Å². The van der Waals surface area contributed by atoms with Gasteiger partial charge in [-0.15, -0.1) is 11.3 Å². The third-order valence-corrected chi connectivity index (χ3v) is 14.5. The van der Waals surface area contributed by atoms with Crippen LogP contribution in [-0.2, 0) is 22.2 Å². The molecule has 0 aliphatic carbocycles. The second kappa shape index (κ2) is 11.3. The highest BCUT2D eigenvalue weighted by atomic mass is 32.1. The Morgan fingerprint density at radius 2 is 1.90 bits per heavy atom. The number of nitrogens with zero attached hydrogens (tertiary/aromatic N) is 4. The quantitative estimate of drug-likeness (QED) is 0.274. The minimum atomic E-state index is -1.89. The van der Waals surface area contributed by atoms with Crippen molar-refractivity contribution in [2.45, 2.75) is 97.2 Å². The first-order chi connectivity index (χ1) is 19.7. The number of rotatable bonds is 5. The Morgan fingerprint density at radius 1 is 1.14 bits per heavy atom. The van der Waals surface area contributed by atoms with E-state index in [2.05, 4.69) is 63.0 Å². The van der Waals surface area contributed by atoms with Crippen LogP contribution in [0.1, 0.15) is 70.4 Å². The van der Waals surface area contributed by atoms with Crippen molar-refractivity contribution < 1.29 is 14.0 Å². The topological polar surface area (TPSA) is 78.7 Å². The average molecular weight is 605 g/mol. The molecule has 0 radical (unpaired) electrons. The number of anilines is 1. The molecule has 1 aromatic carbocycles. The van der Waals surface area contributed by atoms with E-state index in [0.29, 0.717) is 25.3 Å². The van der Waals surface area contributed by atoms with Crippen LogP contribution in [0.5, 0.6) is 0 Å². The van der Waals surface area contributed by atoms with Gasteiger partial charge < -0.3 is 19.0 Å². The van der Waals surface area contributed by atoms with E-state index in [1.807, 2.05) is 37.9 Å². The van der Waals surface area contributed by atoms with Gasteiger partial charge in [0.15, 0.2) is 8.32 Å². The van der Waals surface area contributed by atoms with Crippen molar-refractivity contribution in [1.29, 1.82) is 5.26 Å². The van der Waals surface area contributed by atoms with Gasteiger partial charge in [0, 0.05) is 53.6 Å². The number of thiophene rings is 1. The first-order valence-electron chi connectivity index (χ1n) is 15.0. The maximum absolute atomic E-state index is 12.9. The molecule has 2 aromatic heterocycles. The molecule has 0 bridgehead atoms. The Kier molecular flexibility index (Phi) is 8.20. The number of benzene rings is 1. The van der Waals surface area contributed by atoms with Gasteiger partial charge >= 0.3 is 6.09 Å². The number of aromatic nitrogens is 1. The summed E-state index contributed by atoms with van der Waals surface area (Å²) in [5.41, 5.74) is 5.69. The Morgan fingerprint density at radius 3 is 2.60 bits per heavy atom. The number of carbonyl (C=O) groups excluding carboxylic acids is 1. The van der Waals surface area contributed by atoms with Crippen molar-refractivity contribution >= 4 is 41.7 Å². The number of aryl methyl sites for hydroxylation is 1. The minimum Gasteiger partial charge on any atom is -0.444 e. The number of pyridine rings is 1. The average Bonchev–Trinajstić information content (AvgIpc) is 3.57. The molecule has 5 rings (SSSR count). The number of fused-ring (bicyclic) bond motifs is 2. The summed E-state index contributed by atoms with van der Waals surface area (Å²) in [6.45, 7) is 19.9. The third-order valence-electron chi connectivity index (χ3n) is 8.84. The molecule has 1 amide bonds. The zero-order valence-electron chi connectivity index (χ0n) is 26.3. The molecule has 1 saturated heterocycles. The standard InChI is InChI=1S/C33H44N4O3SSi/c1-32(2,3)40-31(38)36-15-12-24(20-36)37-14-9-10-23-16-22(19-34)17-27(29(23)37)26-11-13-35-28-18-25(41-30(26)28)21-39-42(7,8)33(4,5)6/h11,13,16-18,24H,9-10,12,14-15,20-21H2,1-8H3/t24-/m0/s1. The maximum atomic E-state index is 12.9. The fourth-order valence-corrected chi connectivity index (χ4v) is 7.75. The van der Waals surface area contributed by atoms with Crippen LogP contribution < -0.4 is 4.90 Å². The largest absolute Gasteiger partial charge is 0.444 e. The van der Waals surface area contributed by atoms with Crippen LogP contribution >= 0.6 is 11.3 Å². The predicted molar refractivity (Wildman–Crippen MR) is 174 cm³/mol. The van der Waals surface area contributed by atoms with Crippen molar-refractivity contribution in [3.63, 3.8) is 0 Å². The summed E-state index contributed by atoms with van der Waals surface area (Å²) in [6, 6.07) is 10.9. The molecule has 2 aliphatic heterocycles. The van der Waals surface area contributed by atoms with Crippen molar-refractivity contribution in [3.8, 4) is 17.2 Å². The van der Waals surface area contributed by atoms with Crippen molar-refractivity contribution in [2.24, 2.45) is 0 Å². The molecule has 3 aromatic rings. The molecule has 42 heavy (non-hydrogen) atoms. The molecule has 224 valence electrons. The van der Waals surface area contributed by atoms with E-state index in [-0.39, 0.29) is 17.2 Å². The second-order valence-corrected chi connectivity index (χ2v) is 20.1. The summed E-state index contributed by atoms with van der Waals surface area (Å²) >= 11 is 1.74. The summed E-state index contributed by atoms with van der Waals surface area (Å²) < 4.78 is 13.4. The number of amides is 1. The molecule has 2 aliphatic rings. The van der Waals surface area contributed by atoms with E-state index < -0.39 is 13.9 Å². The van der Waals surface area contributed by atoms with E-state index in [1.54, 1.807) is 11.3 Å². The molecule has 4 heterocycles. The normalized spacial score (nSPS) is 17.8. The Bertz CT molecular complexity index is 1530. The van der Waals surface area contributed by atoms with E-state index >= 15 is 0 Å². The van der Waals surface area contributed by atoms with Crippen LogP contribution in [0.25, 0.3) is 21.3 Å². The van der Waals surface area contributed by atoms with Crippen LogP contribution in [0.4, 0.5) is 10.5 Å². The number of ether oxygens (including phenoxy) is 1. The fourth-order valence-electron chi connectivity index (χ4n) is 5.64. The number of carbonyl (C=O) groups is 1. The molecule has 0 unspecified atom stereocenters. The number of nitriles is 1. The molecule has 1 atom stereocenters. The van der Waals surface area contributed by atoms with E-state index in [4.69, 9.17) is 14.1 Å². The Balaban J connectivity index is 1.51. The zero-order valence-corrected chi connectivity index (χ0v) is 28.2. The molecule has 0 saturated carbocycles. The maximum Gasteiger partial charge on any atom is 0.410 e. The molecule has 0 N–H and O–H groups in total. The summed E-state index contributed by atoms with van der Waals surface area (Å²) in [6.07, 6.45) is 4.47. The van der Waals surface area contributed by atoms with Gasteiger partial charge in [-0.1, -0.05) is 20.8 Å². The molecule has 9 heteroatoms. The van der Waals surface area contributed by atoms with Gasteiger partial charge in [0.1, 0.15) is 5.60 Å². The van der Waals surface area contributed by atoms with Crippen LogP contribution in [-0.4, -0.2) is 55.6 Å². The van der Waals surface area contributed by atoms with Crippen LogP contribution in [0.15, 0.2) is 30.5 Å². The monoisotopic (exact) mass is 604 g/mol. The lowest BCUT2D eigenvalue weighted by Gasteiger charge is -2.38. The first kappa shape index (κ1) is 30.5. The SMILES string of the molecule is CC(C)(C)OC(=O)N1CC[C@H](N2CCCc3cc(C#N)cc(-c4ccnc5cc(CO[Si](C)(C)C(C)(C)C)sc45)c32)C1. The highest BCUT2D eigenvalue weighted by Gasteiger charge is 2.38. The number of hydrogen-bond acceptors (Lipinski definition) is 7. The highest BCUT2D eigenvalue weighted by molar-refractivity contribution is 7.19. The fraction of sp³-hybridized carbons (Fsp3) is 0.545. The summed E-state index contributed by atoms with van der Waals surface area (Å²) in [7, 11) is -1.89. The lowest BCUT2D eigenvalue weighted by atomic mass is 9.90. The van der Waals surface area contributed by atoms with E-state index in [0.717, 1.165) is 47.2 Å². The summed E-state index contributed by atoms with van der Waals surface area (Å²) in [5, 5.41) is 10.1. The first-order valence-corrected chi connectivity index (χ1v) is 18.7.